The molecule has 8 heteroatoms. The summed E-state index contributed by atoms with van der Waals surface area (Å²) in [4.78, 5) is 17.2. The number of hydrogen-bond acceptors (Lipinski definition) is 4. The molecule has 3 atom stereocenters. The van der Waals surface area contributed by atoms with Crippen molar-refractivity contribution in [1.29, 1.82) is 0 Å². The van der Waals surface area contributed by atoms with E-state index in [0.29, 0.717) is 24.3 Å². The molecule has 0 radical (unpaired) electrons. The van der Waals surface area contributed by atoms with E-state index in [-0.39, 0.29) is 43.1 Å². The zero-order valence-corrected chi connectivity index (χ0v) is 19.0. The second-order valence-electron chi connectivity index (χ2n) is 7.41. The van der Waals surface area contributed by atoms with Gasteiger partial charge in [-0.25, -0.2) is 0 Å². The van der Waals surface area contributed by atoms with Crippen molar-refractivity contribution in [1.82, 2.24) is 20.4 Å². The Hall–Kier alpha value is 0.220. The molecule has 1 amide bonds. The summed E-state index contributed by atoms with van der Waals surface area (Å²) < 4.78 is 0. The van der Waals surface area contributed by atoms with Crippen LogP contribution in [0.25, 0.3) is 0 Å². The summed E-state index contributed by atoms with van der Waals surface area (Å²) in [5.74, 6) is 1.36. The first-order valence-corrected chi connectivity index (χ1v) is 9.54. The number of amides is 1. The van der Waals surface area contributed by atoms with E-state index in [1.54, 1.807) is 0 Å². The maximum absolute atomic E-state index is 12.2. The van der Waals surface area contributed by atoms with Crippen molar-refractivity contribution in [3.8, 4) is 0 Å². The minimum Gasteiger partial charge on any atom is -0.355 e. The van der Waals surface area contributed by atoms with E-state index in [0.717, 1.165) is 52.4 Å². The summed E-state index contributed by atoms with van der Waals surface area (Å²) in [6.45, 7) is 15.4. The lowest BCUT2D eigenvalue weighted by Crippen LogP contribution is -2.52. The Balaban J connectivity index is 0. The fourth-order valence-electron chi connectivity index (χ4n) is 3.81. The van der Waals surface area contributed by atoms with Crippen molar-refractivity contribution in [2.24, 2.45) is 11.8 Å². The van der Waals surface area contributed by atoms with E-state index in [1.165, 1.54) is 12.8 Å². The van der Waals surface area contributed by atoms with Crippen molar-refractivity contribution in [2.75, 3.05) is 52.4 Å². The lowest BCUT2D eigenvalue weighted by molar-refractivity contribution is -0.122. The van der Waals surface area contributed by atoms with E-state index in [9.17, 15) is 4.79 Å². The highest BCUT2D eigenvalue weighted by Gasteiger charge is 2.23. The molecule has 2 aliphatic rings. The molecule has 2 heterocycles. The molecule has 2 rings (SSSR count). The van der Waals surface area contributed by atoms with Gasteiger partial charge in [0.05, 0.1) is 0 Å². The van der Waals surface area contributed by atoms with Crippen molar-refractivity contribution in [3.05, 3.63) is 0 Å². The quantitative estimate of drug-likeness (QED) is 0.647. The van der Waals surface area contributed by atoms with Gasteiger partial charge in [-0.3, -0.25) is 9.69 Å². The third kappa shape index (κ3) is 9.43. The molecule has 158 valence electrons. The molecule has 26 heavy (non-hydrogen) atoms. The van der Waals surface area contributed by atoms with Gasteiger partial charge in [0.2, 0.25) is 5.91 Å². The summed E-state index contributed by atoms with van der Waals surface area (Å²) in [5.41, 5.74) is 0. The molecule has 0 saturated carbocycles. The standard InChI is InChI=1S/C18H36N4O.3ClH/c1-4-21-8-10-22(11-9-21)16(3)13-20-18(23)12-15(2)17-6-5-7-19-14-17;;;/h15-17,19H,4-14H2,1-3H3,(H,20,23);3*1H. The molecular formula is C18H39Cl3N4O. The Labute approximate surface area is 178 Å². The third-order valence-electron chi connectivity index (χ3n) is 5.72. The Kier molecular flexibility index (Phi) is 16.6. The van der Waals surface area contributed by atoms with Crippen LogP contribution in [0.3, 0.4) is 0 Å². The first-order valence-electron chi connectivity index (χ1n) is 9.54. The SMILES string of the molecule is CCN1CCN(C(C)CNC(=O)CC(C)C2CCCNC2)CC1.Cl.Cl.Cl. The number of nitrogens with zero attached hydrogens (tertiary/aromatic N) is 2. The molecule has 0 aromatic heterocycles. The number of piperidine rings is 1. The number of rotatable bonds is 7. The van der Waals surface area contributed by atoms with Crippen LogP contribution in [0.15, 0.2) is 0 Å². The van der Waals surface area contributed by atoms with Gasteiger partial charge in [-0.05, 0) is 51.2 Å². The summed E-state index contributed by atoms with van der Waals surface area (Å²) in [6.07, 6.45) is 3.18. The van der Waals surface area contributed by atoms with E-state index >= 15 is 0 Å². The van der Waals surface area contributed by atoms with Gasteiger partial charge in [0.1, 0.15) is 0 Å². The molecular weight excluding hydrogens is 395 g/mol. The van der Waals surface area contributed by atoms with Crippen molar-refractivity contribution in [3.63, 3.8) is 0 Å². The monoisotopic (exact) mass is 432 g/mol. The average Bonchev–Trinajstić information content (AvgIpc) is 2.60. The number of halogens is 3. The normalized spacial score (nSPS) is 23.6. The molecule has 2 saturated heterocycles. The second-order valence-corrected chi connectivity index (χ2v) is 7.41. The summed E-state index contributed by atoms with van der Waals surface area (Å²) >= 11 is 0. The Morgan fingerprint density at radius 3 is 2.35 bits per heavy atom. The van der Waals surface area contributed by atoms with E-state index in [1.807, 2.05) is 0 Å². The number of nitrogens with one attached hydrogen (secondary N) is 2. The minimum absolute atomic E-state index is 0. The first-order chi connectivity index (χ1) is 11.1. The lowest BCUT2D eigenvalue weighted by atomic mass is 9.85. The maximum Gasteiger partial charge on any atom is 0.220 e. The third-order valence-corrected chi connectivity index (χ3v) is 5.72. The number of piperazine rings is 1. The van der Waals surface area contributed by atoms with Gasteiger partial charge in [0.25, 0.3) is 0 Å². The molecule has 3 unspecified atom stereocenters. The Morgan fingerprint density at radius 1 is 1.15 bits per heavy atom. The predicted molar refractivity (Wildman–Crippen MR) is 117 cm³/mol. The van der Waals surface area contributed by atoms with Gasteiger partial charge < -0.3 is 15.5 Å². The topological polar surface area (TPSA) is 47.6 Å². The van der Waals surface area contributed by atoms with Crippen LogP contribution in [0, 0.1) is 11.8 Å². The number of carbonyl (C=O) groups excluding carboxylic acids is 1. The zero-order chi connectivity index (χ0) is 16.7. The molecule has 0 spiro atoms. The summed E-state index contributed by atoms with van der Waals surface area (Å²) in [6, 6.07) is 0.435. The maximum atomic E-state index is 12.2. The molecule has 0 aromatic carbocycles. The molecule has 0 aromatic rings. The van der Waals surface area contributed by atoms with Crippen molar-refractivity contribution < 1.29 is 4.79 Å². The molecule has 5 nitrogen and oxygen atoms in total. The summed E-state index contributed by atoms with van der Waals surface area (Å²) in [7, 11) is 0. The van der Waals surface area contributed by atoms with Gasteiger partial charge in [0.15, 0.2) is 0 Å². The van der Waals surface area contributed by atoms with E-state index < -0.39 is 0 Å². The smallest absolute Gasteiger partial charge is 0.220 e. The van der Waals surface area contributed by atoms with Crippen LogP contribution in [0.4, 0.5) is 0 Å². The van der Waals surface area contributed by atoms with Gasteiger partial charge >= 0.3 is 0 Å². The second kappa shape index (κ2) is 15.2. The highest BCUT2D eigenvalue weighted by atomic mass is 35.5. The fraction of sp³-hybridized carbons (Fsp3) is 0.944. The molecule has 0 aliphatic carbocycles. The van der Waals surface area contributed by atoms with Crippen molar-refractivity contribution >= 4 is 43.1 Å². The van der Waals surface area contributed by atoms with Crippen LogP contribution in [0.1, 0.15) is 40.0 Å². The van der Waals surface area contributed by atoms with Crippen LogP contribution in [0.5, 0.6) is 0 Å². The predicted octanol–water partition coefficient (Wildman–Crippen LogP) is 2.42. The van der Waals surface area contributed by atoms with Crippen LogP contribution < -0.4 is 10.6 Å². The van der Waals surface area contributed by atoms with Gasteiger partial charge in [-0.1, -0.05) is 13.8 Å². The first kappa shape index (κ1) is 28.4. The molecule has 2 fully saturated rings. The molecule has 2 N–H and O–H groups in total. The van der Waals surface area contributed by atoms with Crippen LogP contribution >= 0.6 is 37.2 Å². The van der Waals surface area contributed by atoms with E-state index in [4.69, 9.17) is 0 Å². The van der Waals surface area contributed by atoms with Crippen molar-refractivity contribution in [2.45, 2.75) is 46.1 Å². The van der Waals surface area contributed by atoms with Crippen LogP contribution in [-0.4, -0.2) is 74.1 Å². The highest BCUT2D eigenvalue weighted by Crippen LogP contribution is 2.22. The largest absolute Gasteiger partial charge is 0.355 e. The Bertz CT molecular complexity index is 362. The van der Waals surface area contributed by atoms with Gasteiger partial charge in [-0.2, -0.15) is 0 Å². The Morgan fingerprint density at radius 2 is 1.81 bits per heavy atom. The lowest BCUT2D eigenvalue weighted by Gasteiger charge is -2.37. The van der Waals surface area contributed by atoms with E-state index in [2.05, 4.69) is 41.2 Å². The number of carbonyl (C=O) groups is 1. The number of likely N-dealkylation sites (N-methyl/N-ethyl adjacent to an activating group) is 1. The van der Waals surface area contributed by atoms with Crippen LogP contribution in [-0.2, 0) is 4.79 Å². The number of hydrogen-bond donors (Lipinski definition) is 2. The average molecular weight is 434 g/mol. The molecule has 2 aliphatic heterocycles. The minimum atomic E-state index is 0. The van der Waals surface area contributed by atoms with Crippen LogP contribution in [0.2, 0.25) is 0 Å². The highest BCUT2D eigenvalue weighted by molar-refractivity contribution is 5.86. The zero-order valence-electron chi connectivity index (χ0n) is 16.5. The summed E-state index contributed by atoms with van der Waals surface area (Å²) in [5, 5.41) is 6.61. The van der Waals surface area contributed by atoms with Gasteiger partial charge in [-0.15, -0.1) is 37.2 Å². The molecule has 0 bridgehead atoms. The fourth-order valence-corrected chi connectivity index (χ4v) is 3.81. The van der Waals surface area contributed by atoms with Gasteiger partial charge in [0, 0.05) is 45.2 Å².